The van der Waals surface area contributed by atoms with Gasteiger partial charge in [0.2, 0.25) is 5.89 Å². The van der Waals surface area contributed by atoms with E-state index in [1.807, 2.05) is 13.8 Å². The molecule has 3 atom stereocenters. The third kappa shape index (κ3) is 2.90. The Morgan fingerprint density at radius 1 is 1.44 bits per heavy atom. The first-order chi connectivity index (χ1) is 8.76. The number of aromatic nitrogens is 2. The number of hydrogen-bond acceptors (Lipinski definition) is 5. The molecule has 1 aromatic heterocycles. The van der Waals surface area contributed by atoms with E-state index in [-0.39, 0.29) is 6.10 Å². The molecule has 102 valence electrons. The second-order valence-corrected chi connectivity index (χ2v) is 4.98. The second-order valence-electron chi connectivity index (χ2n) is 4.98. The highest BCUT2D eigenvalue weighted by Gasteiger charge is 2.30. The largest absolute Gasteiger partial charge is 0.371 e. The van der Waals surface area contributed by atoms with E-state index in [2.05, 4.69) is 10.1 Å². The maximum atomic E-state index is 5.83. The van der Waals surface area contributed by atoms with Crippen molar-refractivity contribution in [1.29, 1.82) is 0 Å². The van der Waals surface area contributed by atoms with Crippen LogP contribution in [-0.2, 0) is 4.74 Å². The predicted molar refractivity (Wildman–Crippen MR) is 68.1 cm³/mol. The SMILES string of the molecule is CCOC(C)c1noc(C2CCCCC2CN)n1. The Hall–Kier alpha value is -0.940. The van der Waals surface area contributed by atoms with Crippen LogP contribution < -0.4 is 5.73 Å². The molecule has 1 saturated carbocycles. The Morgan fingerprint density at radius 2 is 2.22 bits per heavy atom. The van der Waals surface area contributed by atoms with Gasteiger partial charge in [-0.25, -0.2) is 0 Å². The van der Waals surface area contributed by atoms with E-state index >= 15 is 0 Å². The third-order valence-corrected chi connectivity index (χ3v) is 3.77. The Kier molecular flexibility index (Phi) is 4.72. The molecule has 18 heavy (non-hydrogen) atoms. The summed E-state index contributed by atoms with van der Waals surface area (Å²) in [4.78, 5) is 4.49. The molecule has 3 unspecified atom stereocenters. The van der Waals surface area contributed by atoms with Gasteiger partial charge in [-0.2, -0.15) is 4.98 Å². The van der Waals surface area contributed by atoms with Gasteiger partial charge in [0.05, 0.1) is 0 Å². The van der Waals surface area contributed by atoms with Crippen molar-refractivity contribution >= 4 is 0 Å². The van der Waals surface area contributed by atoms with Crippen LogP contribution in [0.2, 0.25) is 0 Å². The highest BCUT2D eigenvalue weighted by Crippen LogP contribution is 2.36. The molecule has 0 amide bonds. The fraction of sp³-hybridized carbons (Fsp3) is 0.846. The van der Waals surface area contributed by atoms with E-state index in [9.17, 15) is 0 Å². The molecule has 0 saturated heterocycles. The normalized spacial score (nSPS) is 26.2. The summed E-state index contributed by atoms with van der Waals surface area (Å²) in [5.74, 6) is 2.20. The number of ether oxygens (including phenoxy) is 1. The van der Waals surface area contributed by atoms with Crippen LogP contribution in [0.15, 0.2) is 4.52 Å². The van der Waals surface area contributed by atoms with Gasteiger partial charge in [-0.05, 0) is 39.2 Å². The molecule has 5 nitrogen and oxygen atoms in total. The Labute approximate surface area is 108 Å². The molecule has 2 rings (SSSR count). The summed E-state index contributed by atoms with van der Waals surface area (Å²) in [6.45, 7) is 5.26. The van der Waals surface area contributed by atoms with Crippen molar-refractivity contribution in [3.8, 4) is 0 Å². The van der Waals surface area contributed by atoms with E-state index in [1.165, 1.54) is 19.3 Å². The highest BCUT2D eigenvalue weighted by atomic mass is 16.5. The van der Waals surface area contributed by atoms with Crippen molar-refractivity contribution in [2.45, 2.75) is 51.6 Å². The second kappa shape index (κ2) is 6.29. The van der Waals surface area contributed by atoms with Crippen LogP contribution in [0.1, 0.15) is 63.3 Å². The molecule has 1 aliphatic carbocycles. The summed E-state index contributed by atoms with van der Waals surface area (Å²) in [5, 5.41) is 4.03. The summed E-state index contributed by atoms with van der Waals surface area (Å²) >= 11 is 0. The van der Waals surface area contributed by atoms with Gasteiger partial charge < -0.3 is 15.0 Å². The zero-order chi connectivity index (χ0) is 13.0. The standard InChI is InChI=1S/C13H23N3O2/c1-3-17-9(2)12-15-13(18-16-12)11-7-5-4-6-10(11)8-14/h9-11H,3-8,14H2,1-2H3. The molecule has 0 spiro atoms. The first-order valence-electron chi connectivity index (χ1n) is 6.91. The fourth-order valence-electron chi connectivity index (χ4n) is 2.70. The Morgan fingerprint density at radius 3 is 2.94 bits per heavy atom. The molecule has 2 N–H and O–H groups in total. The lowest BCUT2D eigenvalue weighted by Gasteiger charge is -2.27. The number of hydrogen-bond donors (Lipinski definition) is 1. The first-order valence-corrected chi connectivity index (χ1v) is 6.91. The van der Waals surface area contributed by atoms with Gasteiger partial charge in [-0.15, -0.1) is 0 Å². The highest BCUT2D eigenvalue weighted by molar-refractivity contribution is 5.00. The summed E-state index contributed by atoms with van der Waals surface area (Å²) in [7, 11) is 0. The van der Waals surface area contributed by atoms with Gasteiger partial charge in [0.1, 0.15) is 6.10 Å². The van der Waals surface area contributed by atoms with E-state index < -0.39 is 0 Å². The molecule has 1 fully saturated rings. The van der Waals surface area contributed by atoms with Gasteiger partial charge in [0, 0.05) is 12.5 Å². The lowest BCUT2D eigenvalue weighted by Crippen LogP contribution is -2.25. The smallest absolute Gasteiger partial charge is 0.230 e. The van der Waals surface area contributed by atoms with Crippen molar-refractivity contribution in [1.82, 2.24) is 10.1 Å². The Bertz CT molecular complexity index is 367. The third-order valence-electron chi connectivity index (χ3n) is 3.77. The summed E-state index contributed by atoms with van der Waals surface area (Å²) in [5.41, 5.74) is 5.83. The lowest BCUT2D eigenvalue weighted by molar-refractivity contribution is 0.0683. The summed E-state index contributed by atoms with van der Waals surface area (Å²) in [6.07, 6.45) is 4.65. The zero-order valence-corrected chi connectivity index (χ0v) is 11.3. The van der Waals surface area contributed by atoms with Crippen LogP contribution in [0.4, 0.5) is 0 Å². The van der Waals surface area contributed by atoms with Crippen molar-refractivity contribution in [3.63, 3.8) is 0 Å². The van der Waals surface area contributed by atoms with Gasteiger partial charge in [0.15, 0.2) is 5.82 Å². The Balaban J connectivity index is 2.08. The van der Waals surface area contributed by atoms with E-state index in [4.69, 9.17) is 15.0 Å². The molecular weight excluding hydrogens is 230 g/mol. The minimum atomic E-state index is -0.104. The van der Waals surface area contributed by atoms with Crippen LogP contribution in [0, 0.1) is 5.92 Å². The lowest BCUT2D eigenvalue weighted by atomic mass is 9.79. The fourth-order valence-corrected chi connectivity index (χ4v) is 2.70. The first kappa shape index (κ1) is 13.5. The average Bonchev–Trinajstić information content (AvgIpc) is 2.88. The molecule has 1 aromatic rings. The van der Waals surface area contributed by atoms with Crippen molar-refractivity contribution < 1.29 is 9.26 Å². The maximum Gasteiger partial charge on any atom is 0.230 e. The minimum absolute atomic E-state index is 0.104. The van der Waals surface area contributed by atoms with Crippen LogP contribution in [0.3, 0.4) is 0 Å². The molecule has 0 aliphatic heterocycles. The minimum Gasteiger partial charge on any atom is -0.371 e. The molecule has 0 radical (unpaired) electrons. The quantitative estimate of drug-likeness (QED) is 0.872. The molecule has 0 aromatic carbocycles. The molecule has 5 heteroatoms. The van der Waals surface area contributed by atoms with E-state index in [0.29, 0.717) is 30.8 Å². The van der Waals surface area contributed by atoms with Gasteiger partial charge >= 0.3 is 0 Å². The van der Waals surface area contributed by atoms with E-state index in [0.717, 1.165) is 12.3 Å². The molecule has 1 heterocycles. The zero-order valence-electron chi connectivity index (χ0n) is 11.3. The van der Waals surface area contributed by atoms with Gasteiger partial charge in [-0.1, -0.05) is 18.0 Å². The monoisotopic (exact) mass is 253 g/mol. The molecular formula is C13H23N3O2. The van der Waals surface area contributed by atoms with Crippen LogP contribution in [0.25, 0.3) is 0 Å². The average molecular weight is 253 g/mol. The summed E-state index contributed by atoms with van der Waals surface area (Å²) < 4.78 is 10.9. The summed E-state index contributed by atoms with van der Waals surface area (Å²) in [6, 6.07) is 0. The van der Waals surface area contributed by atoms with Crippen molar-refractivity contribution in [3.05, 3.63) is 11.7 Å². The van der Waals surface area contributed by atoms with Crippen molar-refractivity contribution in [2.75, 3.05) is 13.2 Å². The van der Waals surface area contributed by atoms with Crippen LogP contribution in [0.5, 0.6) is 0 Å². The topological polar surface area (TPSA) is 74.2 Å². The van der Waals surface area contributed by atoms with Crippen molar-refractivity contribution in [2.24, 2.45) is 11.7 Å². The predicted octanol–water partition coefficient (Wildman–Crippen LogP) is 2.40. The van der Waals surface area contributed by atoms with Crippen LogP contribution in [-0.4, -0.2) is 23.3 Å². The molecule has 1 aliphatic rings. The van der Waals surface area contributed by atoms with Crippen LogP contribution >= 0.6 is 0 Å². The van der Waals surface area contributed by atoms with Gasteiger partial charge in [0.25, 0.3) is 0 Å². The maximum absolute atomic E-state index is 5.83. The number of nitrogens with zero attached hydrogens (tertiary/aromatic N) is 2. The van der Waals surface area contributed by atoms with E-state index in [1.54, 1.807) is 0 Å². The van der Waals surface area contributed by atoms with Gasteiger partial charge in [-0.3, -0.25) is 0 Å². The number of rotatable bonds is 5. The number of nitrogens with two attached hydrogens (primary N) is 1. The molecule has 0 bridgehead atoms.